The molecule has 1 aliphatic heterocycles. The van der Waals surface area contributed by atoms with Gasteiger partial charge in [0.1, 0.15) is 11.6 Å². The standard InChI is InChI=1S/C21H22ClF2N3O/c1-5-12(2)19(13(3)22)21(28)27-7-6-17(18(25)11-27)20(26-4)14-8-15(23)10-16(24)9-14/h5,8-10H,1,3,6-7,11,25H2,2,4H3/b19-12+,26-20?. The summed E-state index contributed by atoms with van der Waals surface area (Å²) in [6.45, 7) is 9.53. The van der Waals surface area contributed by atoms with Crippen LogP contribution >= 0.6 is 11.6 Å². The number of aliphatic imine (C=N–C) groups is 1. The Balaban J connectivity index is 2.36. The van der Waals surface area contributed by atoms with Crippen molar-refractivity contribution in [3.8, 4) is 0 Å². The minimum absolute atomic E-state index is 0.127. The van der Waals surface area contributed by atoms with Gasteiger partial charge in [-0.05, 0) is 31.1 Å². The summed E-state index contributed by atoms with van der Waals surface area (Å²) < 4.78 is 27.2. The molecule has 0 bridgehead atoms. The summed E-state index contributed by atoms with van der Waals surface area (Å²) in [5.41, 5.74) is 8.87. The van der Waals surface area contributed by atoms with Crippen LogP contribution in [-0.4, -0.2) is 36.7 Å². The van der Waals surface area contributed by atoms with Crippen LogP contribution in [0.5, 0.6) is 0 Å². The van der Waals surface area contributed by atoms with Gasteiger partial charge in [0.05, 0.1) is 17.8 Å². The van der Waals surface area contributed by atoms with Crippen molar-refractivity contribution >= 4 is 23.2 Å². The third kappa shape index (κ3) is 4.57. The van der Waals surface area contributed by atoms with Crippen molar-refractivity contribution in [3.63, 3.8) is 0 Å². The minimum atomic E-state index is -0.696. The fraction of sp³-hybridized carbons (Fsp3) is 0.238. The van der Waals surface area contributed by atoms with E-state index in [-0.39, 0.29) is 23.1 Å². The maximum atomic E-state index is 13.6. The summed E-state index contributed by atoms with van der Waals surface area (Å²) >= 11 is 6.00. The van der Waals surface area contributed by atoms with Crippen LogP contribution in [0.25, 0.3) is 0 Å². The second kappa shape index (κ2) is 8.97. The van der Waals surface area contributed by atoms with E-state index in [0.29, 0.717) is 41.1 Å². The molecule has 2 N–H and O–H groups in total. The molecule has 1 amide bonds. The molecule has 2 rings (SSSR count). The Kier molecular flexibility index (Phi) is 6.91. The van der Waals surface area contributed by atoms with E-state index >= 15 is 0 Å². The van der Waals surface area contributed by atoms with Crippen LogP contribution < -0.4 is 5.73 Å². The van der Waals surface area contributed by atoms with Gasteiger partial charge in [0.15, 0.2) is 0 Å². The monoisotopic (exact) mass is 405 g/mol. The van der Waals surface area contributed by atoms with E-state index in [4.69, 9.17) is 17.3 Å². The van der Waals surface area contributed by atoms with Crippen molar-refractivity contribution in [3.05, 3.63) is 82.1 Å². The molecule has 1 aliphatic rings. The summed E-state index contributed by atoms with van der Waals surface area (Å²) in [7, 11) is 1.53. The lowest BCUT2D eigenvalue weighted by Gasteiger charge is -2.31. The smallest absolute Gasteiger partial charge is 0.255 e. The number of benzene rings is 1. The predicted molar refractivity (Wildman–Crippen MR) is 109 cm³/mol. The van der Waals surface area contributed by atoms with E-state index in [9.17, 15) is 13.6 Å². The minimum Gasteiger partial charge on any atom is -0.400 e. The maximum absolute atomic E-state index is 13.6. The van der Waals surface area contributed by atoms with Crippen LogP contribution in [-0.2, 0) is 4.79 Å². The molecular weight excluding hydrogens is 384 g/mol. The Morgan fingerprint density at radius 1 is 1.32 bits per heavy atom. The number of rotatable bonds is 5. The third-order valence-electron chi connectivity index (χ3n) is 4.50. The van der Waals surface area contributed by atoms with Crippen LogP contribution in [0.3, 0.4) is 0 Å². The van der Waals surface area contributed by atoms with Gasteiger partial charge in [0.25, 0.3) is 5.91 Å². The topological polar surface area (TPSA) is 58.7 Å². The van der Waals surface area contributed by atoms with E-state index in [1.165, 1.54) is 25.3 Å². The highest BCUT2D eigenvalue weighted by Crippen LogP contribution is 2.26. The molecule has 0 atom stereocenters. The number of nitrogens with zero attached hydrogens (tertiary/aromatic N) is 2. The zero-order chi connectivity index (χ0) is 21.0. The number of hydrogen-bond donors (Lipinski definition) is 1. The Morgan fingerprint density at radius 3 is 2.39 bits per heavy atom. The van der Waals surface area contributed by atoms with E-state index < -0.39 is 11.6 Å². The van der Waals surface area contributed by atoms with Gasteiger partial charge in [-0.2, -0.15) is 0 Å². The predicted octanol–water partition coefficient (Wildman–Crippen LogP) is 4.08. The molecule has 0 fully saturated rings. The molecule has 4 nitrogen and oxygen atoms in total. The molecule has 7 heteroatoms. The van der Waals surface area contributed by atoms with Gasteiger partial charge in [-0.1, -0.05) is 30.8 Å². The lowest BCUT2D eigenvalue weighted by atomic mass is 9.94. The molecule has 0 radical (unpaired) electrons. The molecule has 0 aliphatic carbocycles. The first-order chi connectivity index (χ1) is 13.2. The molecular formula is C21H22ClF2N3O. The summed E-state index contributed by atoms with van der Waals surface area (Å²) in [5, 5.41) is 0.127. The number of carbonyl (C=O) groups excluding carboxylic acids is 1. The van der Waals surface area contributed by atoms with E-state index in [0.717, 1.165) is 6.07 Å². The van der Waals surface area contributed by atoms with Gasteiger partial charge in [0, 0.05) is 41.5 Å². The Labute approximate surface area is 168 Å². The van der Waals surface area contributed by atoms with E-state index in [1.807, 2.05) is 0 Å². The molecule has 148 valence electrons. The number of carbonyl (C=O) groups is 1. The van der Waals surface area contributed by atoms with Gasteiger partial charge in [-0.25, -0.2) is 8.78 Å². The van der Waals surface area contributed by atoms with E-state index in [2.05, 4.69) is 18.2 Å². The normalized spacial score (nSPS) is 16.0. The largest absolute Gasteiger partial charge is 0.400 e. The zero-order valence-corrected chi connectivity index (χ0v) is 16.6. The molecule has 1 heterocycles. The fourth-order valence-corrected chi connectivity index (χ4v) is 3.35. The van der Waals surface area contributed by atoms with Gasteiger partial charge in [-0.3, -0.25) is 9.79 Å². The maximum Gasteiger partial charge on any atom is 0.255 e. The summed E-state index contributed by atoms with van der Waals surface area (Å²) in [4.78, 5) is 18.6. The van der Waals surface area contributed by atoms with Crippen molar-refractivity contribution in [2.24, 2.45) is 10.7 Å². The highest BCUT2D eigenvalue weighted by atomic mass is 35.5. The number of hydrogen-bond acceptors (Lipinski definition) is 3. The van der Waals surface area contributed by atoms with Crippen molar-refractivity contribution in [2.45, 2.75) is 13.3 Å². The van der Waals surface area contributed by atoms with Crippen LogP contribution in [0, 0.1) is 11.6 Å². The van der Waals surface area contributed by atoms with Crippen LogP contribution in [0.15, 0.2) is 69.9 Å². The molecule has 0 spiro atoms. The summed E-state index contributed by atoms with van der Waals surface area (Å²) in [5.74, 6) is -1.69. The third-order valence-corrected chi connectivity index (χ3v) is 4.69. The van der Waals surface area contributed by atoms with Crippen LogP contribution in [0.2, 0.25) is 0 Å². The molecule has 1 aromatic rings. The first kappa shape index (κ1) is 21.6. The van der Waals surface area contributed by atoms with Crippen molar-refractivity contribution in [2.75, 3.05) is 20.1 Å². The SMILES string of the molecule is C=C/C(C)=C(\C(=C)Cl)C(=O)N1CCC(C(=NC)c2cc(F)cc(F)c2)=C(N)C1. The fourth-order valence-electron chi connectivity index (χ4n) is 3.12. The molecule has 0 saturated carbocycles. The second-order valence-electron chi connectivity index (χ2n) is 6.38. The first-order valence-corrected chi connectivity index (χ1v) is 8.95. The number of amides is 1. The average molecular weight is 406 g/mol. The molecule has 0 saturated heterocycles. The van der Waals surface area contributed by atoms with Gasteiger partial charge < -0.3 is 10.6 Å². The van der Waals surface area contributed by atoms with Crippen molar-refractivity contribution < 1.29 is 13.6 Å². The Morgan fingerprint density at radius 2 is 1.93 bits per heavy atom. The average Bonchev–Trinajstić information content (AvgIpc) is 2.62. The Bertz CT molecular complexity index is 911. The summed E-state index contributed by atoms with van der Waals surface area (Å²) in [6.07, 6.45) is 1.92. The zero-order valence-electron chi connectivity index (χ0n) is 15.9. The van der Waals surface area contributed by atoms with Gasteiger partial charge in [-0.15, -0.1) is 0 Å². The number of nitrogens with two attached hydrogens (primary N) is 1. The Hall–Kier alpha value is -2.73. The molecule has 0 aromatic heterocycles. The lowest BCUT2D eigenvalue weighted by molar-refractivity contribution is -0.126. The lowest BCUT2D eigenvalue weighted by Crippen LogP contribution is -2.41. The van der Waals surface area contributed by atoms with Crippen LogP contribution in [0.1, 0.15) is 18.9 Å². The van der Waals surface area contributed by atoms with Gasteiger partial charge in [0.2, 0.25) is 0 Å². The highest BCUT2D eigenvalue weighted by molar-refractivity contribution is 6.35. The molecule has 28 heavy (non-hydrogen) atoms. The van der Waals surface area contributed by atoms with Gasteiger partial charge >= 0.3 is 0 Å². The van der Waals surface area contributed by atoms with Crippen molar-refractivity contribution in [1.29, 1.82) is 0 Å². The van der Waals surface area contributed by atoms with E-state index in [1.54, 1.807) is 11.8 Å². The quantitative estimate of drug-likeness (QED) is 0.456. The second-order valence-corrected chi connectivity index (χ2v) is 6.83. The number of halogens is 3. The molecule has 0 unspecified atom stereocenters. The highest BCUT2D eigenvalue weighted by Gasteiger charge is 2.27. The summed E-state index contributed by atoms with van der Waals surface area (Å²) in [6, 6.07) is 3.20. The number of allylic oxidation sites excluding steroid dienone is 2. The molecule has 1 aromatic carbocycles. The van der Waals surface area contributed by atoms with Crippen LogP contribution in [0.4, 0.5) is 8.78 Å². The first-order valence-electron chi connectivity index (χ1n) is 8.58. The van der Waals surface area contributed by atoms with Crippen molar-refractivity contribution in [1.82, 2.24) is 4.90 Å².